The molecular formula is C19H25N3O2. The van der Waals surface area contributed by atoms with Gasteiger partial charge in [-0.2, -0.15) is 0 Å². The number of likely N-dealkylation sites (tertiary alicyclic amines) is 1. The molecule has 2 heterocycles. The second-order valence-electron chi connectivity index (χ2n) is 6.43. The van der Waals surface area contributed by atoms with Gasteiger partial charge in [0.2, 0.25) is 0 Å². The van der Waals surface area contributed by atoms with E-state index in [0.717, 1.165) is 39.0 Å². The van der Waals surface area contributed by atoms with Crippen LogP contribution in [0.15, 0.2) is 36.4 Å². The zero-order chi connectivity index (χ0) is 16.9. The smallest absolute Gasteiger partial charge is 0.321 e. The molecule has 1 aromatic carbocycles. The van der Waals surface area contributed by atoms with Crippen LogP contribution in [0.4, 0.5) is 10.5 Å². The highest BCUT2D eigenvalue weighted by Gasteiger charge is 2.27. The van der Waals surface area contributed by atoms with Gasteiger partial charge in [-0.25, -0.2) is 4.79 Å². The Balaban J connectivity index is 1.53. The maximum absolute atomic E-state index is 12.5. The van der Waals surface area contributed by atoms with E-state index >= 15 is 0 Å². The van der Waals surface area contributed by atoms with Crippen LogP contribution in [0.1, 0.15) is 36.5 Å². The first kappa shape index (κ1) is 16.7. The van der Waals surface area contributed by atoms with Crippen molar-refractivity contribution in [3.8, 4) is 0 Å². The number of Topliss-reactive ketones (excluding diaryl/α,β-unsaturated/α-hetero) is 1. The summed E-state index contributed by atoms with van der Waals surface area (Å²) in [6.45, 7) is 5.47. The van der Waals surface area contributed by atoms with E-state index in [2.05, 4.69) is 22.4 Å². The summed E-state index contributed by atoms with van der Waals surface area (Å²) in [6.07, 6.45) is 6.93. The molecule has 1 saturated heterocycles. The van der Waals surface area contributed by atoms with Gasteiger partial charge in [0.1, 0.15) is 0 Å². The molecule has 1 aromatic rings. The number of rotatable bonds is 4. The van der Waals surface area contributed by atoms with Crippen LogP contribution in [0.2, 0.25) is 0 Å². The highest BCUT2D eigenvalue weighted by molar-refractivity contribution is 5.98. The van der Waals surface area contributed by atoms with E-state index in [4.69, 9.17) is 0 Å². The van der Waals surface area contributed by atoms with Crippen LogP contribution in [0.25, 0.3) is 0 Å². The molecule has 0 radical (unpaired) electrons. The predicted octanol–water partition coefficient (Wildman–Crippen LogP) is 3.15. The van der Waals surface area contributed by atoms with Crippen molar-refractivity contribution in [1.29, 1.82) is 0 Å². The van der Waals surface area contributed by atoms with Crippen LogP contribution in [-0.2, 0) is 0 Å². The fourth-order valence-corrected chi connectivity index (χ4v) is 3.40. The number of hydrogen-bond acceptors (Lipinski definition) is 3. The maximum atomic E-state index is 12.5. The second kappa shape index (κ2) is 7.62. The van der Waals surface area contributed by atoms with E-state index < -0.39 is 0 Å². The Labute approximate surface area is 143 Å². The number of nitrogens with zero attached hydrogens (tertiary/aromatic N) is 2. The number of urea groups is 1. The Bertz CT molecular complexity index is 625. The number of nitrogens with one attached hydrogen (secondary N) is 1. The minimum absolute atomic E-state index is 0.0749. The van der Waals surface area contributed by atoms with E-state index in [1.54, 1.807) is 12.1 Å². The molecule has 5 heteroatoms. The average molecular weight is 327 g/mol. The first-order chi connectivity index (χ1) is 11.7. The lowest BCUT2D eigenvalue weighted by Crippen LogP contribution is -2.47. The van der Waals surface area contributed by atoms with Crippen LogP contribution >= 0.6 is 0 Å². The van der Waals surface area contributed by atoms with E-state index in [-0.39, 0.29) is 11.8 Å². The first-order valence-electron chi connectivity index (χ1n) is 8.75. The lowest BCUT2D eigenvalue weighted by molar-refractivity contribution is 0.0988. The molecule has 0 unspecified atom stereocenters. The Hall–Kier alpha value is -2.14. The van der Waals surface area contributed by atoms with Gasteiger partial charge in [-0.05, 0) is 25.0 Å². The molecule has 0 atom stereocenters. The summed E-state index contributed by atoms with van der Waals surface area (Å²) in [4.78, 5) is 28.6. The minimum Gasteiger partial charge on any atom is -0.324 e. The molecule has 0 saturated carbocycles. The fraction of sp³-hybridized carbons (Fsp3) is 0.474. The van der Waals surface area contributed by atoms with Gasteiger partial charge in [0.05, 0.1) is 0 Å². The SMILES string of the molecule is CCC(=O)c1cccc(NC(=O)N2CCC(N3CC=CC3)CC2)c1. The summed E-state index contributed by atoms with van der Waals surface area (Å²) in [7, 11) is 0. The zero-order valence-corrected chi connectivity index (χ0v) is 14.2. The third-order valence-electron chi connectivity index (χ3n) is 4.87. The topological polar surface area (TPSA) is 52.7 Å². The number of benzene rings is 1. The minimum atomic E-state index is -0.0749. The van der Waals surface area contributed by atoms with Gasteiger partial charge < -0.3 is 10.2 Å². The van der Waals surface area contributed by atoms with Crippen molar-refractivity contribution in [2.45, 2.75) is 32.2 Å². The van der Waals surface area contributed by atoms with Gasteiger partial charge in [0, 0.05) is 49.9 Å². The number of carbonyl (C=O) groups excluding carboxylic acids is 2. The first-order valence-corrected chi connectivity index (χ1v) is 8.75. The van der Waals surface area contributed by atoms with Crippen LogP contribution in [0.5, 0.6) is 0 Å². The van der Waals surface area contributed by atoms with Gasteiger partial charge >= 0.3 is 6.03 Å². The van der Waals surface area contributed by atoms with Crippen molar-refractivity contribution >= 4 is 17.5 Å². The number of carbonyl (C=O) groups is 2. The van der Waals surface area contributed by atoms with Gasteiger partial charge in [0.25, 0.3) is 0 Å². The Morgan fingerprint density at radius 1 is 1.17 bits per heavy atom. The summed E-state index contributed by atoms with van der Waals surface area (Å²) in [5, 5.41) is 2.92. The molecule has 0 aromatic heterocycles. The highest BCUT2D eigenvalue weighted by atomic mass is 16.2. The molecule has 128 valence electrons. The average Bonchev–Trinajstić information content (AvgIpc) is 3.16. The quantitative estimate of drug-likeness (QED) is 0.683. The standard InChI is InChI=1S/C19H25N3O2/c1-2-18(23)15-6-5-7-16(14-15)20-19(24)22-12-8-17(9-13-22)21-10-3-4-11-21/h3-7,14,17H,2,8-13H2,1H3,(H,20,24). The molecule has 2 amide bonds. The highest BCUT2D eigenvalue weighted by Crippen LogP contribution is 2.20. The Kier molecular flexibility index (Phi) is 5.30. The molecule has 2 aliphatic heterocycles. The molecule has 5 nitrogen and oxygen atoms in total. The number of anilines is 1. The fourth-order valence-electron chi connectivity index (χ4n) is 3.40. The van der Waals surface area contributed by atoms with Crippen molar-refractivity contribution in [2.75, 3.05) is 31.5 Å². The molecule has 0 aliphatic carbocycles. The Morgan fingerprint density at radius 2 is 1.88 bits per heavy atom. The third-order valence-corrected chi connectivity index (χ3v) is 4.87. The predicted molar refractivity (Wildman–Crippen MR) is 95.4 cm³/mol. The number of amides is 2. The monoisotopic (exact) mass is 327 g/mol. The van der Waals surface area contributed by atoms with Crippen molar-refractivity contribution in [3.05, 3.63) is 42.0 Å². The zero-order valence-electron chi connectivity index (χ0n) is 14.2. The summed E-state index contributed by atoms with van der Waals surface area (Å²) in [6, 6.07) is 7.69. The number of piperidine rings is 1. The second-order valence-corrected chi connectivity index (χ2v) is 6.43. The normalized spacial score (nSPS) is 18.8. The number of ketones is 1. The molecule has 3 rings (SSSR count). The van der Waals surface area contributed by atoms with Crippen LogP contribution in [-0.4, -0.2) is 53.8 Å². The van der Waals surface area contributed by atoms with E-state index in [1.165, 1.54) is 0 Å². The molecule has 1 N–H and O–H groups in total. The maximum Gasteiger partial charge on any atom is 0.321 e. The Morgan fingerprint density at radius 3 is 2.54 bits per heavy atom. The lowest BCUT2D eigenvalue weighted by atomic mass is 10.0. The van der Waals surface area contributed by atoms with Crippen LogP contribution in [0.3, 0.4) is 0 Å². The summed E-state index contributed by atoms with van der Waals surface area (Å²) < 4.78 is 0. The van der Waals surface area contributed by atoms with Crippen molar-refractivity contribution in [1.82, 2.24) is 9.80 Å². The summed E-state index contributed by atoms with van der Waals surface area (Å²) in [5.41, 5.74) is 1.33. The summed E-state index contributed by atoms with van der Waals surface area (Å²) in [5.74, 6) is 0.0890. The van der Waals surface area contributed by atoms with Crippen LogP contribution < -0.4 is 5.32 Å². The van der Waals surface area contributed by atoms with Crippen molar-refractivity contribution in [3.63, 3.8) is 0 Å². The van der Waals surface area contributed by atoms with Gasteiger partial charge in [-0.3, -0.25) is 9.69 Å². The van der Waals surface area contributed by atoms with Gasteiger partial charge in [-0.1, -0.05) is 31.2 Å². The summed E-state index contributed by atoms with van der Waals surface area (Å²) >= 11 is 0. The van der Waals surface area contributed by atoms with E-state index in [0.29, 0.717) is 23.7 Å². The molecular weight excluding hydrogens is 302 g/mol. The van der Waals surface area contributed by atoms with E-state index in [9.17, 15) is 9.59 Å². The molecule has 2 aliphatic rings. The van der Waals surface area contributed by atoms with Crippen molar-refractivity contribution < 1.29 is 9.59 Å². The lowest BCUT2D eigenvalue weighted by Gasteiger charge is -2.36. The van der Waals surface area contributed by atoms with Gasteiger partial charge in [-0.15, -0.1) is 0 Å². The molecule has 0 bridgehead atoms. The molecule has 0 spiro atoms. The van der Waals surface area contributed by atoms with Crippen molar-refractivity contribution in [2.24, 2.45) is 0 Å². The van der Waals surface area contributed by atoms with Crippen LogP contribution in [0, 0.1) is 0 Å². The third kappa shape index (κ3) is 3.85. The molecule has 24 heavy (non-hydrogen) atoms. The number of hydrogen-bond donors (Lipinski definition) is 1. The van der Waals surface area contributed by atoms with E-state index in [1.807, 2.05) is 24.0 Å². The molecule has 1 fully saturated rings. The largest absolute Gasteiger partial charge is 0.324 e. The van der Waals surface area contributed by atoms with Gasteiger partial charge in [0.15, 0.2) is 5.78 Å².